The largest absolute Gasteiger partial charge is 0.444 e. The molecule has 0 fully saturated rings. The number of terminal acetylenes is 1. The van der Waals surface area contributed by atoms with E-state index >= 15 is 0 Å². The monoisotopic (exact) mass is 541 g/mol. The van der Waals surface area contributed by atoms with Crippen LogP contribution in [0.15, 0.2) is 24.3 Å². The topological polar surface area (TPSA) is 87.7 Å². The molecule has 2 N–H and O–H groups in total. The summed E-state index contributed by atoms with van der Waals surface area (Å²) in [6.45, 7) is 15.7. The molecule has 7 nitrogen and oxygen atoms in total. The van der Waals surface area contributed by atoms with Gasteiger partial charge in [-0.05, 0) is 71.1 Å². The second-order valence-corrected chi connectivity index (χ2v) is 12.0. The number of carbonyl (C=O) groups is 3. The van der Waals surface area contributed by atoms with Crippen molar-refractivity contribution in [2.24, 2.45) is 5.92 Å². The summed E-state index contributed by atoms with van der Waals surface area (Å²) in [5, 5.41) is 5.79. The van der Waals surface area contributed by atoms with Crippen molar-refractivity contribution in [3.05, 3.63) is 35.4 Å². The normalized spacial score (nSPS) is 12.9. The van der Waals surface area contributed by atoms with E-state index in [9.17, 15) is 14.4 Å². The van der Waals surface area contributed by atoms with Crippen molar-refractivity contribution in [1.82, 2.24) is 15.5 Å². The number of hydrogen-bond donors (Lipinski definition) is 2. The van der Waals surface area contributed by atoms with Gasteiger partial charge in [0.05, 0.1) is 0 Å². The maximum absolute atomic E-state index is 14.2. The van der Waals surface area contributed by atoms with Gasteiger partial charge in [0.15, 0.2) is 0 Å². The lowest BCUT2D eigenvalue weighted by atomic mass is 9.98. The summed E-state index contributed by atoms with van der Waals surface area (Å²) in [5.41, 5.74) is 0.665. The highest BCUT2D eigenvalue weighted by molar-refractivity contribution is 5.92. The van der Waals surface area contributed by atoms with Crippen LogP contribution >= 0.6 is 0 Å². The van der Waals surface area contributed by atoms with Crippen molar-refractivity contribution >= 4 is 17.9 Å². The molecule has 0 bridgehead atoms. The van der Waals surface area contributed by atoms with E-state index < -0.39 is 23.8 Å². The molecule has 7 heteroatoms. The van der Waals surface area contributed by atoms with Crippen LogP contribution in [0.1, 0.15) is 118 Å². The van der Waals surface area contributed by atoms with Crippen LogP contribution < -0.4 is 10.6 Å². The first-order valence-electron chi connectivity index (χ1n) is 14.5. The number of nitrogens with zero attached hydrogens (tertiary/aromatic N) is 1. The molecule has 3 amide bonds. The smallest absolute Gasteiger partial charge is 0.408 e. The second-order valence-electron chi connectivity index (χ2n) is 12.0. The number of rotatable bonds is 15. The SMILES string of the molecule is C#Cc1ccc(C(C(=O)NC(C)C)N(CCCCCCCC)C(=O)C(CC(C)C)NC(=O)OC(C)(C)C)cc1. The van der Waals surface area contributed by atoms with Gasteiger partial charge in [-0.15, -0.1) is 6.42 Å². The first kappa shape index (κ1) is 34.0. The minimum Gasteiger partial charge on any atom is -0.444 e. The number of hydrogen-bond acceptors (Lipinski definition) is 4. The van der Waals surface area contributed by atoms with Gasteiger partial charge in [-0.3, -0.25) is 9.59 Å². The van der Waals surface area contributed by atoms with Crippen LogP contribution in [0.2, 0.25) is 0 Å². The number of unbranched alkanes of at least 4 members (excludes halogenated alkanes) is 5. The Kier molecular flexibility index (Phi) is 14.7. The number of alkyl carbamates (subject to hydrolysis) is 1. The average molecular weight is 542 g/mol. The highest BCUT2D eigenvalue weighted by atomic mass is 16.6. The Hall–Kier alpha value is -3.01. The van der Waals surface area contributed by atoms with Gasteiger partial charge in [0, 0.05) is 18.2 Å². The molecule has 0 aliphatic heterocycles. The Bertz CT molecular complexity index is 942. The van der Waals surface area contributed by atoms with E-state index in [0.717, 1.165) is 32.1 Å². The van der Waals surface area contributed by atoms with Crippen molar-refractivity contribution < 1.29 is 19.1 Å². The maximum Gasteiger partial charge on any atom is 0.408 e. The van der Waals surface area contributed by atoms with Crippen molar-refractivity contribution in [3.63, 3.8) is 0 Å². The minimum atomic E-state index is -0.863. The van der Waals surface area contributed by atoms with Crippen LogP contribution in [-0.4, -0.2) is 47.0 Å². The summed E-state index contributed by atoms with van der Waals surface area (Å²) in [5.74, 6) is 2.17. The average Bonchev–Trinajstić information content (AvgIpc) is 2.82. The molecular weight excluding hydrogens is 490 g/mol. The zero-order valence-electron chi connectivity index (χ0n) is 25.4. The van der Waals surface area contributed by atoms with Crippen LogP contribution in [-0.2, 0) is 14.3 Å². The van der Waals surface area contributed by atoms with Crippen molar-refractivity contribution in [3.8, 4) is 12.3 Å². The molecule has 39 heavy (non-hydrogen) atoms. The van der Waals surface area contributed by atoms with Gasteiger partial charge in [0.25, 0.3) is 0 Å². The third-order valence-electron chi connectivity index (χ3n) is 6.12. The van der Waals surface area contributed by atoms with Crippen molar-refractivity contribution in [2.75, 3.05) is 6.54 Å². The molecule has 0 aliphatic rings. The second kappa shape index (κ2) is 16.8. The number of nitrogens with one attached hydrogen (secondary N) is 2. The lowest BCUT2D eigenvalue weighted by molar-refractivity contribution is -0.143. The van der Waals surface area contributed by atoms with Crippen LogP contribution in [0.25, 0.3) is 0 Å². The molecule has 0 spiro atoms. The maximum atomic E-state index is 14.2. The van der Waals surface area contributed by atoms with Gasteiger partial charge < -0.3 is 20.3 Å². The number of carbonyl (C=O) groups excluding carboxylic acids is 3. The van der Waals surface area contributed by atoms with E-state index in [0.29, 0.717) is 24.1 Å². The number of benzene rings is 1. The fraction of sp³-hybridized carbons (Fsp3) is 0.656. The fourth-order valence-electron chi connectivity index (χ4n) is 4.37. The first-order chi connectivity index (χ1) is 18.3. The minimum absolute atomic E-state index is 0.109. The fourth-order valence-corrected chi connectivity index (χ4v) is 4.37. The zero-order chi connectivity index (χ0) is 29.6. The van der Waals surface area contributed by atoms with E-state index in [-0.39, 0.29) is 23.8 Å². The molecule has 1 aromatic carbocycles. The zero-order valence-corrected chi connectivity index (χ0v) is 25.4. The highest BCUT2D eigenvalue weighted by Gasteiger charge is 2.36. The Morgan fingerprint density at radius 1 is 0.949 bits per heavy atom. The number of ether oxygens (including phenoxy) is 1. The Morgan fingerprint density at radius 3 is 2.05 bits per heavy atom. The van der Waals surface area contributed by atoms with Crippen molar-refractivity contribution in [2.45, 2.75) is 124 Å². The summed E-state index contributed by atoms with van der Waals surface area (Å²) < 4.78 is 5.47. The van der Waals surface area contributed by atoms with Gasteiger partial charge in [0.1, 0.15) is 17.7 Å². The first-order valence-corrected chi connectivity index (χ1v) is 14.5. The van der Waals surface area contributed by atoms with E-state index in [1.807, 2.05) is 27.7 Å². The third-order valence-corrected chi connectivity index (χ3v) is 6.12. The molecule has 0 aromatic heterocycles. The molecule has 0 saturated carbocycles. The molecule has 0 aliphatic carbocycles. The molecule has 1 aromatic rings. The summed E-state index contributed by atoms with van der Waals surface area (Å²) in [6.07, 6.45) is 11.6. The molecule has 0 saturated heterocycles. The molecule has 2 atom stereocenters. The van der Waals surface area contributed by atoms with Crippen LogP contribution in [0.4, 0.5) is 4.79 Å². The molecule has 1 rings (SSSR count). The summed E-state index contributed by atoms with van der Waals surface area (Å²) in [7, 11) is 0. The number of amides is 3. The van der Waals surface area contributed by atoms with E-state index in [2.05, 4.69) is 23.5 Å². The Morgan fingerprint density at radius 2 is 1.54 bits per heavy atom. The predicted octanol–water partition coefficient (Wildman–Crippen LogP) is 6.36. The molecule has 2 unspecified atom stereocenters. The third kappa shape index (κ3) is 13.1. The molecular formula is C32H51N3O4. The Balaban J connectivity index is 3.45. The molecule has 0 radical (unpaired) electrons. The lowest BCUT2D eigenvalue weighted by Crippen LogP contribution is -2.54. The molecule has 0 heterocycles. The van der Waals surface area contributed by atoms with E-state index in [1.165, 1.54) is 6.42 Å². The van der Waals surface area contributed by atoms with Gasteiger partial charge in [-0.25, -0.2) is 4.79 Å². The quantitative estimate of drug-likeness (QED) is 0.200. The van der Waals surface area contributed by atoms with Gasteiger partial charge in [-0.2, -0.15) is 0 Å². The van der Waals surface area contributed by atoms with E-state index in [4.69, 9.17) is 11.2 Å². The van der Waals surface area contributed by atoms with Crippen LogP contribution in [0.5, 0.6) is 0 Å². The standard InChI is InChI=1S/C32H51N3O4/c1-10-12-13-14-15-16-21-35(30(37)27(22-23(3)4)34-31(38)39-32(7,8)9)28(29(36)33-24(5)6)26-19-17-25(11-2)18-20-26/h2,17-20,23-24,27-28H,10,12-16,21-22H2,1,3-9H3,(H,33,36)(H,34,38). The molecule has 218 valence electrons. The van der Waals surface area contributed by atoms with Gasteiger partial charge >= 0.3 is 6.09 Å². The van der Waals surface area contributed by atoms with Crippen molar-refractivity contribution in [1.29, 1.82) is 0 Å². The Labute approximate surface area is 236 Å². The van der Waals surface area contributed by atoms with Crippen LogP contribution in [0, 0.1) is 18.3 Å². The van der Waals surface area contributed by atoms with E-state index in [1.54, 1.807) is 49.9 Å². The van der Waals surface area contributed by atoms with Crippen LogP contribution in [0.3, 0.4) is 0 Å². The van der Waals surface area contributed by atoms with Gasteiger partial charge in [-0.1, -0.05) is 70.9 Å². The highest BCUT2D eigenvalue weighted by Crippen LogP contribution is 2.25. The van der Waals surface area contributed by atoms with Gasteiger partial charge in [0.2, 0.25) is 11.8 Å². The summed E-state index contributed by atoms with van der Waals surface area (Å²) in [4.78, 5) is 42.2. The summed E-state index contributed by atoms with van der Waals surface area (Å²) in [6, 6.07) is 5.37. The summed E-state index contributed by atoms with van der Waals surface area (Å²) >= 11 is 0. The predicted molar refractivity (Wildman–Crippen MR) is 158 cm³/mol. The lowest BCUT2D eigenvalue weighted by Gasteiger charge is -2.35.